The Balaban J connectivity index is 2.00. The van der Waals surface area contributed by atoms with Gasteiger partial charge in [0.15, 0.2) is 0 Å². The maximum absolute atomic E-state index is 12.4. The van der Waals surface area contributed by atoms with Crippen LogP contribution in [-0.4, -0.2) is 36.5 Å². The molecule has 3 nitrogen and oxygen atoms in total. The van der Waals surface area contributed by atoms with E-state index in [1.165, 1.54) is 6.42 Å². The van der Waals surface area contributed by atoms with Crippen LogP contribution in [0.2, 0.25) is 0 Å². The summed E-state index contributed by atoms with van der Waals surface area (Å²) in [6.45, 7) is 7.04. The Kier molecular flexibility index (Phi) is 3.01. The molecule has 2 fully saturated rings. The standard InChI is InChI=1S/C12H22N2O/c1-3-12(5-4-6-12)11(15)14-8-7-13-10(2)9-14/h10,13H,3-9H2,1-2H3. The first-order valence-corrected chi connectivity index (χ1v) is 6.21. The van der Waals surface area contributed by atoms with Gasteiger partial charge in [-0.15, -0.1) is 0 Å². The van der Waals surface area contributed by atoms with Crippen molar-refractivity contribution in [2.24, 2.45) is 5.41 Å². The van der Waals surface area contributed by atoms with Crippen molar-refractivity contribution in [3.8, 4) is 0 Å². The average molecular weight is 210 g/mol. The fourth-order valence-corrected chi connectivity index (χ4v) is 2.77. The smallest absolute Gasteiger partial charge is 0.228 e. The molecule has 0 aromatic heterocycles. The van der Waals surface area contributed by atoms with Crippen molar-refractivity contribution in [2.75, 3.05) is 19.6 Å². The van der Waals surface area contributed by atoms with E-state index in [9.17, 15) is 4.79 Å². The fourth-order valence-electron chi connectivity index (χ4n) is 2.77. The monoisotopic (exact) mass is 210 g/mol. The van der Waals surface area contributed by atoms with Gasteiger partial charge in [-0.05, 0) is 26.2 Å². The molecule has 1 atom stereocenters. The number of amides is 1. The van der Waals surface area contributed by atoms with E-state index in [0.29, 0.717) is 11.9 Å². The number of nitrogens with zero attached hydrogens (tertiary/aromatic N) is 1. The van der Waals surface area contributed by atoms with Gasteiger partial charge >= 0.3 is 0 Å². The normalized spacial score (nSPS) is 29.7. The van der Waals surface area contributed by atoms with Gasteiger partial charge in [-0.1, -0.05) is 13.3 Å². The second-order valence-electron chi connectivity index (χ2n) is 5.09. The van der Waals surface area contributed by atoms with Crippen molar-refractivity contribution in [1.82, 2.24) is 10.2 Å². The molecule has 2 rings (SSSR count). The first kappa shape index (κ1) is 10.9. The summed E-state index contributed by atoms with van der Waals surface area (Å²) < 4.78 is 0. The summed E-state index contributed by atoms with van der Waals surface area (Å²) in [7, 11) is 0. The lowest BCUT2D eigenvalue weighted by Crippen LogP contribution is -2.56. The zero-order chi connectivity index (χ0) is 10.9. The molecule has 0 aromatic rings. The summed E-state index contributed by atoms with van der Waals surface area (Å²) in [5.74, 6) is 0.421. The summed E-state index contributed by atoms with van der Waals surface area (Å²) in [6, 6.07) is 0.455. The minimum absolute atomic E-state index is 0.0249. The molecule has 15 heavy (non-hydrogen) atoms. The summed E-state index contributed by atoms with van der Waals surface area (Å²) in [4.78, 5) is 14.5. The van der Waals surface area contributed by atoms with Crippen molar-refractivity contribution in [1.29, 1.82) is 0 Å². The van der Waals surface area contributed by atoms with Crippen LogP contribution in [0, 0.1) is 5.41 Å². The number of carbonyl (C=O) groups is 1. The highest BCUT2D eigenvalue weighted by molar-refractivity contribution is 5.83. The molecule has 1 aliphatic carbocycles. The zero-order valence-corrected chi connectivity index (χ0v) is 9.88. The van der Waals surface area contributed by atoms with Gasteiger partial charge in [-0.3, -0.25) is 4.79 Å². The van der Waals surface area contributed by atoms with E-state index in [4.69, 9.17) is 0 Å². The highest BCUT2D eigenvalue weighted by Gasteiger charge is 2.44. The van der Waals surface area contributed by atoms with Gasteiger partial charge in [0.25, 0.3) is 0 Å². The minimum Gasteiger partial charge on any atom is -0.339 e. The van der Waals surface area contributed by atoms with E-state index in [2.05, 4.69) is 24.1 Å². The third-order valence-electron chi connectivity index (χ3n) is 4.10. The molecule has 3 heteroatoms. The fraction of sp³-hybridized carbons (Fsp3) is 0.917. The lowest BCUT2D eigenvalue weighted by molar-refractivity contribution is -0.149. The SMILES string of the molecule is CCC1(C(=O)N2CCNC(C)C2)CCC1. The molecule has 0 spiro atoms. The second kappa shape index (κ2) is 4.12. The molecule has 1 amide bonds. The van der Waals surface area contributed by atoms with Gasteiger partial charge < -0.3 is 10.2 Å². The van der Waals surface area contributed by atoms with E-state index in [1.54, 1.807) is 0 Å². The molecular weight excluding hydrogens is 188 g/mol. The van der Waals surface area contributed by atoms with Crippen LogP contribution in [-0.2, 0) is 4.79 Å². The van der Waals surface area contributed by atoms with Gasteiger partial charge in [0.2, 0.25) is 5.91 Å². The minimum atomic E-state index is 0.0249. The zero-order valence-electron chi connectivity index (χ0n) is 9.88. The van der Waals surface area contributed by atoms with E-state index in [-0.39, 0.29) is 5.41 Å². The molecule has 2 aliphatic rings. The number of hydrogen-bond acceptors (Lipinski definition) is 2. The van der Waals surface area contributed by atoms with Crippen molar-refractivity contribution in [3.05, 3.63) is 0 Å². The summed E-state index contributed by atoms with van der Waals surface area (Å²) in [6.07, 6.45) is 4.48. The van der Waals surface area contributed by atoms with Crippen LogP contribution in [0.5, 0.6) is 0 Å². The predicted octanol–water partition coefficient (Wildman–Crippen LogP) is 1.39. The van der Waals surface area contributed by atoms with Crippen LogP contribution >= 0.6 is 0 Å². The predicted molar refractivity (Wildman–Crippen MR) is 60.6 cm³/mol. The van der Waals surface area contributed by atoms with Gasteiger partial charge in [0.05, 0.1) is 0 Å². The first-order chi connectivity index (χ1) is 7.18. The van der Waals surface area contributed by atoms with Gasteiger partial charge in [-0.25, -0.2) is 0 Å². The molecule has 86 valence electrons. The number of carbonyl (C=O) groups excluding carboxylic acids is 1. The van der Waals surface area contributed by atoms with Gasteiger partial charge in [0, 0.05) is 31.1 Å². The molecule has 1 saturated carbocycles. The molecule has 1 saturated heterocycles. The van der Waals surface area contributed by atoms with Crippen LogP contribution < -0.4 is 5.32 Å². The average Bonchev–Trinajstić information content (AvgIpc) is 2.17. The van der Waals surface area contributed by atoms with Crippen molar-refractivity contribution >= 4 is 5.91 Å². The topological polar surface area (TPSA) is 32.3 Å². The van der Waals surface area contributed by atoms with Gasteiger partial charge in [0.1, 0.15) is 0 Å². The van der Waals surface area contributed by atoms with E-state index in [0.717, 1.165) is 38.9 Å². The molecular formula is C12H22N2O. The molecule has 1 unspecified atom stereocenters. The number of hydrogen-bond donors (Lipinski definition) is 1. The second-order valence-corrected chi connectivity index (χ2v) is 5.09. The van der Waals surface area contributed by atoms with Crippen LogP contribution in [0.15, 0.2) is 0 Å². The molecule has 0 bridgehead atoms. The third-order valence-corrected chi connectivity index (χ3v) is 4.10. The van der Waals surface area contributed by atoms with Crippen molar-refractivity contribution < 1.29 is 4.79 Å². The molecule has 1 heterocycles. The summed E-state index contributed by atoms with van der Waals surface area (Å²) >= 11 is 0. The van der Waals surface area contributed by atoms with Crippen molar-refractivity contribution in [2.45, 2.75) is 45.6 Å². The number of piperazine rings is 1. The first-order valence-electron chi connectivity index (χ1n) is 6.21. The van der Waals surface area contributed by atoms with Gasteiger partial charge in [-0.2, -0.15) is 0 Å². The molecule has 1 aliphatic heterocycles. The molecule has 0 radical (unpaired) electrons. The largest absolute Gasteiger partial charge is 0.339 e. The summed E-state index contributed by atoms with van der Waals surface area (Å²) in [5, 5.41) is 3.38. The Bertz CT molecular complexity index is 242. The Hall–Kier alpha value is -0.570. The lowest BCUT2D eigenvalue weighted by atomic mass is 9.66. The Morgan fingerprint density at radius 1 is 1.53 bits per heavy atom. The summed E-state index contributed by atoms with van der Waals surface area (Å²) in [5.41, 5.74) is 0.0249. The highest BCUT2D eigenvalue weighted by Crippen LogP contribution is 2.45. The number of rotatable bonds is 2. The molecule has 0 aromatic carbocycles. The van der Waals surface area contributed by atoms with E-state index in [1.807, 2.05) is 0 Å². The van der Waals surface area contributed by atoms with Crippen molar-refractivity contribution in [3.63, 3.8) is 0 Å². The maximum Gasteiger partial charge on any atom is 0.228 e. The lowest BCUT2D eigenvalue weighted by Gasteiger charge is -2.45. The maximum atomic E-state index is 12.4. The highest BCUT2D eigenvalue weighted by atomic mass is 16.2. The Morgan fingerprint density at radius 2 is 2.27 bits per heavy atom. The van der Waals surface area contributed by atoms with Crippen LogP contribution in [0.1, 0.15) is 39.5 Å². The third kappa shape index (κ3) is 1.89. The van der Waals surface area contributed by atoms with Crippen LogP contribution in [0.3, 0.4) is 0 Å². The Morgan fingerprint density at radius 3 is 2.73 bits per heavy atom. The van der Waals surface area contributed by atoms with E-state index >= 15 is 0 Å². The Labute approximate surface area is 92.2 Å². The quantitative estimate of drug-likeness (QED) is 0.747. The van der Waals surface area contributed by atoms with Crippen LogP contribution in [0.4, 0.5) is 0 Å². The molecule has 1 N–H and O–H groups in total. The number of nitrogens with one attached hydrogen (secondary N) is 1. The van der Waals surface area contributed by atoms with Crippen LogP contribution in [0.25, 0.3) is 0 Å². The van der Waals surface area contributed by atoms with E-state index < -0.39 is 0 Å².